The fraction of sp³-hybridized carbons (Fsp3) is 0.625. The van der Waals surface area contributed by atoms with Crippen LogP contribution in [0.4, 0.5) is 0 Å². The fourth-order valence-electron chi connectivity index (χ4n) is 3.25. The van der Waals surface area contributed by atoms with Crippen LogP contribution in [0.25, 0.3) is 0 Å². The minimum Gasteiger partial charge on any atom is -0.496 e. The first-order chi connectivity index (χ1) is 8.54. The van der Waals surface area contributed by atoms with Crippen LogP contribution in [0.1, 0.15) is 38.7 Å². The van der Waals surface area contributed by atoms with E-state index < -0.39 is 0 Å². The van der Waals surface area contributed by atoms with Gasteiger partial charge in [-0.15, -0.1) is 11.6 Å². The van der Waals surface area contributed by atoms with E-state index in [1.165, 1.54) is 24.8 Å². The molecule has 2 rings (SSSR count). The van der Waals surface area contributed by atoms with E-state index in [1.54, 1.807) is 7.11 Å². The zero-order valence-corrected chi connectivity index (χ0v) is 12.3. The summed E-state index contributed by atoms with van der Waals surface area (Å²) in [7, 11) is 1.72. The zero-order chi connectivity index (χ0) is 13.2. The minimum atomic E-state index is 0.207. The number of alkyl halides is 1. The molecular weight excluding hydrogens is 244 g/mol. The molecule has 1 aromatic carbocycles. The Morgan fingerprint density at radius 1 is 1.39 bits per heavy atom. The first kappa shape index (κ1) is 13.7. The van der Waals surface area contributed by atoms with Crippen LogP contribution in [0.5, 0.6) is 5.75 Å². The Labute approximate surface area is 115 Å². The van der Waals surface area contributed by atoms with Gasteiger partial charge in [-0.3, -0.25) is 0 Å². The van der Waals surface area contributed by atoms with Crippen molar-refractivity contribution in [1.82, 2.24) is 0 Å². The lowest BCUT2D eigenvalue weighted by atomic mass is 9.78. The summed E-state index contributed by atoms with van der Waals surface area (Å²) in [5, 5.41) is 0.207. The van der Waals surface area contributed by atoms with Gasteiger partial charge in [0.1, 0.15) is 5.75 Å². The van der Waals surface area contributed by atoms with Gasteiger partial charge in [-0.25, -0.2) is 0 Å². The highest BCUT2D eigenvalue weighted by molar-refractivity contribution is 6.21. The van der Waals surface area contributed by atoms with Gasteiger partial charge in [-0.05, 0) is 42.2 Å². The molecule has 0 saturated heterocycles. The number of ether oxygens (including phenoxy) is 1. The Bertz CT molecular complexity index is 400. The number of halogens is 1. The van der Waals surface area contributed by atoms with Crippen molar-refractivity contribution in [3.8, 4) is 5.75 Å². The SMILES string of the molecule is COc1ccccc1CC(Cl)C1CCCC1(C)C. The van der Waals surface area contributed by atoms with Crippen molar-refractivity contribution in [2.45, 2.75) is 44.9 Å². The van der Waals surface area contributed by atoms with Crippen LogP contribution in [-0.4, -0.2) is 12.5 Å². The molecule has 0 spiro atoms. The molecule has 1 aliphatic rings. The summed E-state index contributed by atoms with van der Waals surface area (Å²) in [5.74, 6) is 1.57. The lowest BCUT2D eigenvalue weighted by Crippen LogP contribution is -2.27. The number of methoxy groups -OCH3 is 1. The number of hydrogen-bond donors (Lipinski definition) is 0. The fourth-order valence-corrected chi connectivity index (χ4v) is 3.88. The first-order valence-electron chi connectivity index (χ1n) is 6.80. The van der Waals surface area contributed by atoms with Crippen LogP contribution in [0.3, 0.4) is 0 Å². The van der Waals surface area contributed by atoms with Gasteiger partial charge in [0.2, 0.25) is 0 Å². The van der Waals surface area contributed by atoms with Crippen molar-refractivity contribution >= 4 is 11.6 Å². The Morgan fingerprint density at radius 3 is 2.72 bits per heavy atom. The molecule has 1 aromatic rings. The largest absolute Gasteiger partial charge is 0.496 e. The summed E-state index contributed by atoms with van der Waals surface area (Å²) in [6.45, 7) is 4.70. The van der Waals surface area contributed by atoms with E-state index in [-0.39, 0.29) is 5.38 Å². The molecule has 1 aliphatic carbocycles. The topological polar surface area (TPSA) is 9.23 Å². The first-order valence-corrected chi connectivity index (χ1v) is 7.24. The maximum absolute atomic E-state index is 6.68. The summed E-state index contributed by atoms with van der Waals surface area (Å²) in [4.78, 5) is 0. The highest BCUT2D eigenvalue weighted by Gasteiger charge is 2.38. The van der Waals surface area contributed by atoms with Gasteiger partial charge in [0.25, 0.3) is 0 Å². The molecule has 2 atom stereocenters. The lowest BCUT2D eigenvalue weighted by Gasteiger charge is -2.31. The van der Waals surface area contributed by atoms with Crippen LogP contribution >= 0.6 is 11.6 Å². The molecule has 0 bridgehead atoms. The highest BCUT2D eigenvalue weighted by Crippen LogP contribution is 2.46. The minimum absolute atomic E-state index is 0.207. The molecule has 0 amide bonds. The quantitative estimate of drug-likeness (QED) is 0.720. The van der Waals surface area contributed by atoms with Gasteiger partial charge in [0, 0.05) is 5.38 Å². The second-order valence-corrected chi connectivity index (χ2v) is 6.58. The average Bonchev–Trinajstić information content (AvgIpc) is 2.69. The third-order valence-corrected chi connectivity index (χ3v) is 4.84. The van der Waals surface area contributed by atoms with Crippen molar-refractivity contribution in [2.24, 2.45) is 11.3 Å². The van der Waals surface area contributed by atoms with Crippen LogP contribution in [0.15, 0.2) is 24.3 Å². The Morgan fingerprint density at radius 2 is 2.11 bits per heavy atom. The van der Waals surface area contributed by atoms with Crippen molar-refractivity contribution in [3.05, 3.63) is 29.8 Å². The maximum atomic E-state index is 6.68. The molecule has 2 heteroatoms. The summed E-state index contributed by atoms with van der Waals surface area (Å²) < 4.78 is 5.40. The average molecular weight is 267 g/mol. The highest BCUT2D eigenvalue weighted by atomic mass is 35.5. The van der Waals surface area contributed by atoms with Gasteiger partial charge in [-0.2, -0.15) is 0 Å². The predicted octanol–water partition coefficient (Wildman–Crippen LogP) is 4.67. The third-order valence-electron chi connectivity index (χ3n) is 4.38. The molecule has 2 unspecified atom stereocenters. The van der Waals surface area contributed by atoms with E-state index in [0.717, 1.165) is 12.2 Å². The second-order valence-electron chi connectivity index (χ2n) is 6.02. The van der Waals surface area contributed by atoms with Crippen molar-refractivity contribution in [2.75, 3.05) is 7.11 Å². The van der Waals surface area contributed by atoms with E-state index in [0.29, 0.717) is 11.3 Å². The molecule has 0 radical (unpaired) electrons. The number of rotatable bonds is 4. The molecule has 0 aliphatic heterocycles. The number of hydrogen-bond acceptors (Lipinski definition) is 1. The molecule has 100 valence electrons. The molecule has 0 N–H and O–H groups in total. The smallest absolute Gasteiger partial charge is 0.122 e. The number of para-hydroxylation sites is 1. The van der Waals surface area contributed by atoms with Crippen LogP contribution in [0.2, 0.25) is 0 Å². The van der Waals surface area contributed by atoms with Gasteiger partial charge in [0.15, 0.2) is 0 Å². The normalized spacial score (nSPS) is 23.9. The molecule has 1 fully saturated rings. The zero-order valence-electron chi connectivity index (χ0n) is 11.6. The Balaban J connectivity index is 2.09. The van der Waals surface area contributed by atoms with Gasteiger partial charge >= 0.3 is 0 Å². The summed E-state index contributed by atoms with van der Waals surface area (Å²) in [6.07, 6.45) is 4.77. The monoisotopic (exact) mass is 266 g/mol. The molecule has 1 nitrogen and oxygen atoms in total. The van der Waals surface area contributed by atoms with Crippen LogP contribution in [0, 0.1) is 11.3 Å². The molecule has 18 heavy (non-hydrogen) atoms. The van der Waals surface area contributed by atoms with Gasteiger partial charge in [0.05, 0.1) is 7.11 Å². The van der Waals surface area contributed by atoms with Gasteiger partial charge < -0.3 is 4.74 Å². The standard InChI is InChI=1S/C16H23ClO/c1-16(2)10-6-8-13(16)14(17)11-12-7-4-5-9-15(12)18-3/h4-5,7,9,13-14H,6,8,10-11H2,1-3H3. The van der Waals surface area contributed by atoms with E-state index in [4.69, 9.17) is 16.3 Å². The van der Waals surface area contributed by atoms with Crippen LogP contribution < -0.4 is 4.74 Å². The van der Waals surface area contributed by atoms with Crippen LogP contribution in [-0.2, 0) is 6.42 Å². The molecule has 0 heterocycles. The third kappa shape index (κ3) is 2.83. The summed E-state index contributed by atoms with van der Waals surface area (Å²) in [5.41, 5.74) is 1.61. The van der Waals surface area contributed by atoms with E-state index in [1.807, 2.05) is 12.1 Å². The van der Waals surface area contributed by atoms with E-state index in [2.05, 4.69) is 26.0 Å². The second kappa shape index (κ2) is 5.52. The van der Waals surface area contributed by atoms with Gasteiger partial charge in [-0.1, -0.05) is 38.5 Å². The lowest BCUT2D eigenvalue weighted by molar-refractivity contribution is 0.249. The Kier molecular flexibility index (Phi) is 4.21. The van der Waals surface area contributed by atoms with E-state index >= 15 is 0 Å². The maximum Gasteiger partial charge on any atom is 0.122 e. The van der Waals surface area contributed by atoms with E-state index in [9.17, 15) is 0 Å². The molecular formula is C16H23ClO. The molecule has 1 saturated carbocycles. The Hall–Kier alpha value is -0.690. The van der Waals surface area contributed by atoms with Crippen molar-refractivity contribution < 1.29 is 4.74 Å². The predicted molar refractivity (Wildman–Crippen MR) is 77.5 cm³/mol. The summed E-state index contributed by atoms with van der Waals surface area (Å²) in [6, 6.07) is 8.20. The number of benzene rings is 1. The van der Waals surface area contributed by atoms with Crippen molar-refractivity contribution in [1.29, 1.82) is 0 Å². The molecule has 0 aromatic heterocycles. The summed E-state index contributed by atoms with van der Waals surface area (Å²) >= 11 is 6.68. The van der Waals surface area contributed by atoms with Crippen molar-refractivity contribution in [3.63, 3.8) is 0 Å².